The molecule has 1 aromatic heterocycles. The zero-order valence-corrected chi connectivity index (χ0v) is 17.2. The minimum atomic E-state index is -0.233. The number of carbonyl (C=O) groups is 2. The van der Waals surface area contributed by atoms with Gasteiger partial charge in [0.25, 0.3) is 0 Å². The van der Waals surface area contributed by atoms with Crippen LogP contribution in [0.3, 0.4) is 0 Å². The lowest BCUT2D eigenvalue weighted by Gasteiger charge is -2.31. The first-order chi connectivity index (χ1) is 13.5. The molecule has 0 aliphatic carbocycles. The van der Waals surface area contributed by atoms with Crippen molar-refractivity contribution in [2.45, 2.75) is 38.8 Å². The number of esters is 1. The highest BCUT2D eigenvalue weighted by Crippen LogP contribution is 2.23. The maximum atomic E-state index is 12.7. The van der Waals surface area contributed by atoms with Crippen molar-refractivity contribution in [1.82, 2.24) is 25.1 Å². The molecule has 1 aliphatic heterocycles. The Hall–Kier alpha value is -2.42. The van der Waals surface area contributed by atoms with E-state index in [1.54, 1.807) is 16.5 Å². The van der Waals surface area contributed by atoms with Gasteiger partial charge in [0.05, 0.1) is 24.0 Å². The van der Waals surface area contributed by atoms with Crippen LogP contribution >= 0.6 is 11.8 Å². The molecule has 0 unspecified atom stereocenters. The number of amides is 1. The molecule has 150 valence electrons. The summed E-state index contributed by atoms with van der Waals surface area (Å²) in [6.45, 7) is 7.25. The molecule has 0 spiro atoms. The number of benzene rings is 1. The first-order valence-corrected chi connectivity index (χ1v) is 10.4. The summed E-state index contributed by atoms with van der Waals surface area (Å²) in [4.78, 5) is 26.4. The maximum Gasteiger partial charge on any atom is 0.310 e. The van der Waals surface area contributed by atoms with E-state index in [1.165, 1.54) is 11.8 Å². The predicted octanol–water partition coefficient (Wildman–Crippen LogP) is 2.17. The molecular formula is C19H25N5O3S. The molecule has 9 heteroatoms. The third kappa shape index (κ3) is 4.70. The monoisotopic (exact) mass is 403 g/mol. The Labute approximate surface area is 168 Å². The second kappa shape index (κ2) is 9.18. The number of piperidine rings is 1. The van der Waals surface area contributed by atoms with E-state index < -0.39 is 0 Å². The summed E-state index contributed by atoms with van der Waals surface area (Å²) in [6.07, 6.45) is 1.57. The van der Waals surface area contributed by atoms with Crippen LogP contribution in [0.2, 0.25) is 0 Å². The van der Waals surface area contributed by atoms with Gasteiger partial charge in [-0.15, -0.1) is 5.10 Å². The fourth-order valence-electron chi connectivity index (χ4n) is 3.24. The Morgan fingerprint density at radius 3 is 2.93 bits per heavy atom. The van der Waals surface area contributed by atoms with Gasteiger partial charge < -0.3 is 9.64 Å². The highest BCUT2D eigenvalue weighted by atomic mass is 32.2. The van der Waals surface area contributed by atoms with Gasteiger partial charge in [0.1, 0.15) is 0 Å². The van der Waals surface area contributed by atoms with E-state index in [4.69, 9.17) is 4.74 Å². The fourth-order valence-corrected chi connectivity index (χ4v) is 4.03. The molecule has 0 radical (unpaired) electrons. The van der Waals surface area contributed by atoms with Crippen molar-refractivity contribution in [3.63, 3.8) is 0 Å². The number of ether oxygens (including phenoxy) is 1. The summed E-state index contributed by atoms with van der Waals surface area (Å²) in [5.41, 5.74) is 3.07. The quantitative estimate of drug-likeness (QED) is 0.539. The summed E-state index contributed by atoms with van der Waals surface area (Å²) >= 11 is 1.30. The number of aryl methyl sites for hydroxylation is 2. The molecule has 1 fully saturated rings. The van der Waals surface area contributed by atoms with Gasteiger partial charge in [-0.3, -0.25) is 9.59 Å². The largest absolute Gasteiger partial charge is 0.466 e. The predicted molar refractivity (Wildman–Crippen MR) is 105 cm³/mol. The number of hydrogen-bond acceptors (Lipinski definition) is 7. The van der Waals surface area contributed by atoms with Crippen molar-refractivity contribution in [1.29, 1.82) is 0 Å². The third-order valence-corrected chi connectivity index (χ3v) is 5.66. The Balaban J connectivity index is 1.63. The molecule has 1 saturated heterocycles. The Kier molecular flexibility index (Phi) is 6.66. The average molecular weight is 404 g/mol. The Morgan fingerprint density at radius 2 is 2.14 bits per heavy atom. The molecule has 2 aromatic rings. The van der Waals surface area contributed by atoms with Gasteiger partial charge in [-0.25, -0.2) is 0 Å². The van der Waals surface area contributed by atoms with E-state index in [2.05, 4.69) is 15.5 Å². The Bertz CT molecular complexity index is 854. The van der Waals surface area contributed by atoms with E-state index >= 15 is 0 Å². The fraction of sp³-hybridized carbons (Fsp3) is 0.526. The second-order valence-corrected chi connectivity index (χ2v) is 7.83. The topological polar surface area (TPSA) is 90.2 Å². The van der Waals surface area contributed by atoms with Crippen molar-refractivity contribution in [2.24, 2.45) is 5.92 Å². The molecule has 3 rings (SSSR count). The molecule has 0 saturated carbocycles. The van der Waals surface area contributed by atoms with Crippen LogP contribution in [0.15, 0.2) is 23.4 Å². The van der Waals surface area contributed by atoms with E-state index in [0.717, 1.165) is 29.7 Å². The van der Waals surface area contributed by atoms with Crippen LogP contribution in [0.25, 0.3) is 5.69 Å². The summed E-state index contributed by atoms with van der Waals surface area (Å²) in [5.74, 6) is -0.246. The molecule has 1 aromatic carbocycles. The number of carbonyl (C=O) groups excluding carboxylic acids is 2. The first-order valence-electron chi connectivity index (χ1n) is 9.42. The molecule has 0 bridgehead atoms. The van der Waals surface area contributed by atoms with E-state index in [0.29, 0.717) is 24.9 Å². The normalized spacial score (nSPS) is 16.8. The van der Waals surface area contributed by atoms with Gasteiger partial charge in [0.2, 0.25) is 11.1 Å². The molecule has 1 atom stereocenters. The van der Waals surface area contributed by atoms with Gasteiger partial charge in [-0.2, -0.15) is 4.68 Å². The minimum absolute atomic E-state index is 0.0190. The maximum absolute atomic E-state index is 12.7. The van der Waals surface area contributed by atoms with Crippen LogP contribution in [0.5, 0.6) is 0 Å². The lowest BCUT2D eigenvalue weighted by Crippen LogP contribution is -2.43. The summed E-state index contributed by atoms with van der Waals surface area (Å²) < 4.78 is 6.77. The SMILES string of the molecule is CCOC(=O)[C@H]1CCCN(C(=O)CSc2nnnn2-c2cc(C)ccc2C)C1. The zero-order valence-electron chi connectivity index (χ0n) is 16.4. The van der Waals surface area contributed by atoms with E-state index in [9.17, 15) is 9.59 Å². The molecule has 0 N–H and O–H groups in total. The smallest absolute Gasteiger partial charge is 0.310 e. The van der Waals surface area contributed by atoms with Crippen LogP contribution in [0.1, 0.15) is 30.9 Å². The standard InChI is InChI=1S/C19H25N5O3S/c1-4-27-18(26)15-6-5-9-23(11-15)17(25)12-28-19-20-21-22-24(19)16-10-13(2)7-8-14(16)3/h7-8,10,15H,4-6,9,11-12H2,1-3H3/t15-/m0/s1. The van der Waals surface area contributed by atoms with Crippen LogP contribution < -0.4 is 0 Å². The number of hydrogen-bond donors (Lipinski definition) is 0. The van der Waals surface area contributed by atoms with Crippen molar-refractivity contribution >= 4 is 23.6 Å². The number of aromatic nitrogens is 4. The minimum Gasteiger partial charge on any atom is -0.466 e. The van der Waals surface area contributed by atoms with Gasteiger partial charge in [0.15, 0.2) is 0 Å². The van der Waals surface area contributed by atoms with Gasteiger partial charge in [0, 0.05) is 13.1 Å². The summed E-state index contributed by atoms with van der Waals surface area (Å²) in [5, 5.41) is 12.5. The number of rotatable bonds is 6. The van der Waals surface area contributed by atoms with Crippen molar-refractivity contribution < 1.29 is 14.3 Å². The van der Waals surface area contributed by atoms with Crippen molar-refractivity contribution in [2.75, 3.05) is 25.4 Å². The highest BCUT2D eigenvalue weighted by Gasteiger charge is 2.29. The van der Waals surface area contributed by atoms with E-state index in [-0.39, 0.29) is 23.5 Å². The second-order valence-electron chi connectivity index (χ2n) is 6.88. The Morgan fingerprint density at radius 1 is 1.32 bits per heavy atom. The van der Waals surface area contributed by atoms with Crippen molar-refractivity contribution in [3.8, 4) is 5.69 Å². The summed E-state index contributed by atoms with van der Waals surface area (Å²) in [6, 6.07) is 6.08. The van der Waals surface area contributed by atoms with Crippen LogP contribution in [0, 0.1) is 19.8 Å². The highest BCUT2D eigenvalue weighted by molar-refractivity contribution is 7.99. The molecule has 8 nitrogen and oxygen atoms in total. The van der Waals surface area contributed by atoms with Crippen LogP contribution in [-0.4, -0.2) is 62.4 Å². The number of tetrazole rings is 1. The molecule has 28 heavy (non-hydrogen) atoms. The zero-order chi connectivity index (χ0) is 20.1. The lowest BCUT2D eigenvalue weighted by atomic mass is 9.98. The number of nitrogens with zero attached hydrogens (tertiary/aromatic N) is 5. The van der Waals surface area contributed by atoms with Gasteiger partial charge in [-0.05, 0) is 61.2 Å². The third-order valence-electron chi connectivity index (χ3n) is 4.75. The van der Waals surface area contributed by atoms with E-state index in [1.807, 2.05) is 32.0 Å². The van der Waals surface area contributed by atoms with Crippen LogP contribution in [-0.2, 0) is 14.3 Å². The van der Waals surface area contributed by atoms with Crippen LogP contribution in [0.4, 0.5) is 0 Å². The van der Waals surface area contributed by atoms with Gasteiger partial charge >= 0.3 is 5.97 Å². The average Bonchev–Trinajstić information content (AvgIpc) is 3.16. The number of thioether (sulfide) groups is 1. The first kappa shape index (κ1) is 20.3. The molecule has 1 aliphatic rings. The summed E-state index contributed by atoms with van der Waals surface area (Å²) in [7, 11) is 0. The molecule has 1 amide bonds. The molecular weight excluding hydrogens is 378 g/mol. The number of likely N-dealkylation sites (tertiary alicyclic amines) is 1. The lowest BCUT2D eigenvalue weighted by molar-refractivity contribution is -0.151. The van der Waals surface area contributed by atoms with Gasteiger partial charge in [-0.1, -0.05) is 23.9 Å². The van der Waals surface area contributed by atoms with Crippen molar-refractivity contribution in [3.05, 3.63) is 29.3 Å². The molecule has 2 heterocycles.